The normalized spacial score (nSPS) is 12.3. The number of nitrogens with one attached hydrogen (secondary N) is 1. The number of sulfonamides is 1. The predicted octanol–water partition coefficient (Wildman–Crippen LogP) is 3.30. The van der Waals surface area contributed by atoms with Crippen LogP contribution in [-0.4, -0.2) is 50.0 Å². The molecule has 1 atom stereocenters. The minimum absolute atomic E-state index is 0.162. The molecule has 0 unspecified atom stereocenters. The van der Waals surface area contributed by atoms with Crippen molar-refractivity contribution in [2.45, 2.75) is 39.4 Å². The van der Waals surface area contributed by atoms with E-state index in [0.29, 0.717) is 10.2 Å². The molecule has 2 aromatic rings. The lowest BCUT2D eigenvalue weighted by molar-refractivity contribution is -0.139. The van der Waals surface area contributed by atoms with Crippen molar-refractivity contribution >= 4 is 43.5 Å². The number of carbonyl (C=O) groups excluding carboxylic acids is 2. The predicted molar refractivity (Wildman–Crippen MR) is 126 cm³/mol. The molecule has 2 rings (SSSR count). The molecule has 0 saturated heterocycles. The molecule has 0 saturated carbocycles. The maximum Gasteiger partial charge on any atom is 0.244 e. The molecule has 2 aromatic carbocycles. The summed E-state index contributed by atoms with van der Waals surface area (Å²) in [5, 5.41) is 2.74. The lowest BCUT2D eigenvalue weighted by Gasteiger charge is -2.32. The van der Waals surface area contributed by atoms with Crippen molar-refractivity contribution in [3.63, 3.8) is 0 Å². The number of carbonyl (C=O) groups is 2. The van der Waals surface area contributed by atoms with Crippen LogP contribution in [0.4, 0.5) is 10.1 Å². The third-order valence-electron chi connectivity index (χ3n) is 4.67. The van der Waals surface area contributed by atoms with Crippen molar-refractivity contribution < 1.29 is 22.4 Å². The molecule has 0 heterocycles. The average Bonchev–Trinajstić information content (AvgIpc) is 2.69. The van der Waals surface area contributed by atoms with Gasteiger partial charge in [-0.3, -0.25) is 13.9 Å². The molecule has 0 aromatic heterocycles. The highest BCUT2D eigenvalue weighted by Gasteiger charge is 2.30. The summed E-state index contributed by atoms with van der Waals surface area (Å²) >= 11 is 3.30. The van der Waals surface area contributed by atoms with Gasteiger partial charge in [-0.2, -0.15) is 0 Å². The first-order valence-corrected chi connectivity index (χ1v) is 12.6. The van der Waals surface area contributed by atoms with Gasteiger partial charge in [-0.1, -0.05) is 40.2 Å². The number of rotatable bonds is 9. The smallest absolute Gasteiger partial charge is 0.244 e. The maximum absolute atomic E-state index is 14.3. The van der Waals surface area contributed by atoms with Gasteiger partial charge in [0.05, 0.1) is 11.9 Å². The number of anilines is 1. The summed E-state index contributed by atoms with van der Waals surface area (Å²) < 4.78 is 40.8. The summed E-state index contributed by atoms with van der Waals surface area (Å²) in [7, 11) is -3.82. The van der Waals surface area contributed by atoms with Crippen LogP contribution in [0.5, 0.6) is 0 Å². The molecule has 10 heteroatoms. The van der Waals surface area contributed by atoms with E-state index in [0.717, 1.165) is 10.6 Å². The number of amides is 2. The SMILES string of the molecule is CC(C)NC(=O)[C@@H](C)N(Cc1ccccc1F)C(=O)CN(c1cccc(Br)c1)S(C)(=O)=O. The molecule has 0 fully saturated rings. The quantitative estimate of drug-likeness (QED) is 0.542. The first-order chi connectivity index (χ1) is 14.9. The fourth-order valence-corrected chi connectivity index (χ4v) is 4.27. The van der Waals surface area contributed by atoms with Crippen LogP contribution in [-0.2, 0) is 26.2 Å². The lowest BCUT2D eigenvalue weighted by atomic mass is 10.1. The Hall–Kier alpha value is -2.46. The van der Waals surface area contributed by atoms with Crippen LogP contribution in [0.15, 0.2) is 53.0 Å². The van der Waals surface area contributed by atoms with Crippen LogP contribution in [0.25, 0.3) is 0 Å². The van der Waals surface area contributed by atoms with E-state index in [4.69, 9.17) is 0 Å². The largest absolute Gasteiger partial charge is 0.352 e. The van der Waals surface area contributed by atoms with E-state index in [2.05, 4.69) is 21.2 Å². The van der Waals surface area contributed by atoms with E-state index in [1.807, 2.05) is 0 Å². The number of hydrogen-bond donors (Lipinski definition) is 1. The maximum atomic E-state index is 14.3. The van der Waals surface area contributed by atoms with E-state index < -0.39 is 40.2 Å². The van der Waals surface area contributed by atoms with Crippen molar-refractivity contribution in [3.05, 3.63) is 64.4 Å². The third kappa shape index (κ3) is 7.03. The van der Waals surface area contributed by atoms with Crippen LogP contribution < -0.4 is 9.62 Å². The zero-order valence-electron chi connectivity index (χ0n) is 18.4. The second kappa shape index (κ2) is 10.9. The van der Waals surface area contributed by atoms with Gasteiger partial charge in [0.15, 0.2) is 0 Å². The van der Waals surface area contributed by atoms with E-state index in [9.17, 15) is 22.4 Å². The van der Waals surface area contributed by atoms with Gasteiger partial charge in [0.2, 0.25) is 21.8 Å². The molecule has 7 nitrogen and oxygen atoms in total. The molecule has 32 heavy (non-hydrogen) atoms. The monoisotopic (exact) mass is 527 g/mol. The fourth-order valence-electron chi connectivity index (χ4n) is 3.04. The molecule has 0 spiro atoms. The van der Waals surface area contributed by atoms with Crippen molar-refractivity contribution in [2.75, 3.05) is 17.1 Å². The second-order valence-corrected chi connectivity index (χ2v) is 10.5. The Balaban J connectivity index is 2.40. The second-order valence-electron chi connectivity index (χ2n) is 7.70. The number of halogens is 2. The molecular formula is C22H27BrFN3O4S. The molecular weight excluding hydrogens is 501 g/mol. The minimum atomic E-state index is -3.82. The van der Waals surface area contributed by atoms with Gasteiger partial charge in [0.25, 0.3) is 0 Å². The van der Waals surface area contributed by atoms with Crippen molar-refractivity contribution in [3.8, 4) is 0 Å². The van der Waals surface area contributed by atoms with Gasteiger partial charge in [-0.05, 0) is 45.0 Å². The molecule has 174 valence electrons. The van der Waals surface area contributed by atoms with E-state index in [-0.39, 0.29) is 18.2 Å². The highest BCUT2D eigenvalue weighted by molar-refractivity contribution is 9.10. The lowest BCUT2D eigenvalue weighted by Crippen LogP contribution is -2.52. The van der Waals surface area contributed by atoms with Crippen LogP contribution in [0.1, 0.15) is 26.3 Å². The van der Waals surface area contributed by atoms with Crippen LogP contribution in [0.3, 0.4) is 0 Å². The molecule has 0 aliphatic carbocycles. The minimum Gasteiger partial charge on any atom is -0.352 e. The van der Waals surface area contributed by atoms with Gasteiger partial charge in [-0.25, -0.2) is 12.8 Å². The number of hydrogen-bond acceptors (Lipinski definition) is 4. The molecule has 2 amide bonds. The summed E-state index contributed by atoms with van der Waals surface area (Å²) in [6.07, 6.45) is 0.997. The molecule has 1 N–H and O–H groups in total. The zero-order valence-corrected chi connectivity index (χ0v) is 20.8. The Morgan fingerprint density at radius 3 is 2.31 bits per heavy atom. The van der Waals surface area contributed by atoms with E-state index >= 15 is 0 Å². The Kier molecular flexibility index (Phi) is 8.80. The standard InChI is InChI=1S/C22H27BrFN3O4S/c1-15(2)25-22(29)16(3)26(13-17-8-5-6-11-20(17)24)21(28)14-27(32(4,30)31)19-10-7-9-18(23)12-19/h5-12,15-16H,13-14H2,1-4H3,(H,25,29)/t16-/m1/s1. The summed E-state index contributed by atoms with van der Waals surface area (Å²) in [5.74, 6) is -1.57. The summed E-state index contributed by atoms with van der Waals surface area (Å²) in [6.45, 7) is 4.37. The van der Waals surface area contributed by atoms with Crippen molar-refractivity contribution in [1.29, 1.82) is 0 Å². The number of benzene rings is 2. The molecule has 0 bridgehead atoms. The Bertz CT molecular complexity index is 1080. The highest BCUT2D eigenvalue weighted by atomic mass is 79.9. The Labute approximate surface area is 196 Å². The zero-order chi connectivity index (χ0) is 24.1. The van der Waals surface area contributed by atoms with Crippen molar-refractivity contribution in [2.24, 2.45) is 0 Å². The number of nitrogens with zero attached hydrogens (tertiary/aromatic N) is 2. The first kappa shape index (κ1) is 25.8. The van der Waals surface area contributed by atoms with Crippen molar-refractivity contribution in [1.82, 2.24) is 10.2 Å². The van der Waals surface area contributed by atoms with Gasteiger partial charge < -0.3 is 10.2 Å². The van der Waals surface area contributed by atoms with Gasteiger partial charge in [0, 0.05) is 22.6 Å². The van der Waals surface area contributed by atoms with Gasteiger partial charge in [0.1, 0.15) is 18.4 Å². The van der Waals surface area contributed by atoms with Gasteiger partial charge >= 0.3 is 0 Å². The fraction of sp³-hybridized carbons (Fsp3) is 0.364. The summed E-state index contributed by atoms with van der Waals surface area (Å²) in [4.78, 5) is 27.1. The van der Waals surface area contributed by atoms with Gasteiger partial charge in [-0.15, -0.1) is 0 Å². The van der Waals surface area contributed by atoms with Crippen LogP contribution >= 0.6 is 15.9 Å². The summed E-state index contributed by atoms with van der Waals surface area (Å²) in [5.41, 5.74) is 0.513. The molecule has 0 aliphatic heterocycles. The summed E-state index contributed by atoms with van der Waals surface area (Å²) in [6, 6.07) is 11.3. The Morgan fingerprint density at radius 1 is 1.09 bits per heavy atom. The Morgan fingerprint density at radius 2 is 1.75 bits per heavy atom. The topological polar surface area (TPSA) is 86.8 Å². The highest BCUT2D eigenvalue weighted by Crippen LogP contribution is 2.23. The molecule has 0 aliphatic rings. The first-order valence-electron chi connectivity index (χ1n) is 9.96. The van der Waals surface area contributed by atoms with E-state index in [1.165, 1.54) is 30.0 Å². The third-order valence-corrected chi connectivity index (χ3v) is 6.31. The van der Waals surface area contributed by atoms with E-state index in [1.54, 1.807) is 44.2 Å². The average molecular weight is 528 g/mol. The van der Waals surface area contributed by atoms with Crippen LogP contribution in [0, 0.1) is 5.82 Å². The van der Waals surface area contributed by atoms with Crippen LogP contribution in [0.2, 0.25) is 0 Å². The molecule has 0 radical (unpaired) electrons.